The number of nitro benzene ring substituents is 1. The van der Waals surface area contributed by atoms with Crippen molar-refractivity contribution < 1.29 is 14.5 Å². The van der Waals surface area contributed by atoms with E-state index in [0.29, 0.717) is 5.56 Å². The number of nitro groups is 1. The van der Waals surface area contributed by atoms with Crippen molar-refractivity contribution in [2.45, 2.75) is 5.33 Å². The van der Waals surface area contributed by atoms with Gasteiger partial charge in [0, 0.05) is 10.9 Å². The Balaban J connectivity index is 3.59. The number of nitrogens with zero attached hydrogens (tertiary/aromatic N) is 2. The molecule has 7 heteroatoms. The number of hydrogen-bond donors (Lipinski definition) is 0. The van der Waals surface area contributed by atoms with E-state index >= 15 is 0 Å². The Morgan fingerprint density at radius 2 is 2.29 bits per heavy atom. The SMILES string of the molecule is COC(=O)c1ccc(CBr)c([N+](=O)[O-])c1C#N. The number of carbonyl (C=O) groups excluding carboxylic acids is 1. The van der Waals surface area contributed by atoms with Crippen molar-refractivity contribution in [3.05, 3.63) is 38.9 Å². The average molecular weight is 299 g/mol. The fourth-order valence-electron chi connectivity index (χ4n) is 1.34. The van der Waals surface area contributed by atoms with E-state index < -0.39 is 10.9 Å². The number of carbonyl (C=O) groups is 1. The zero-order valence-electron chi connectivity index (χ0n) is 8.77. The Morgan fingerprint density at radius 3 is 2.71 bits per heavy atom. The number of esters is 1. The maximum Gasteiger partial charge on any atom is 0.339 e. The summed E-state index contributed by atoms with van der Waals surface area (Å²) in [6.07, 6.45) is 0. The summed E-state index contributed by atoms with van der Waals surface area (Å²) in [5, 5.41) is 20.1. The fourth-order valence-corrected chi connectivity index (χ4v) is 1.80. The Morgan fingerprint density at radius 1 is 1.65 bits per heavy atom. The molecule has 0 saturated carbocycles. The third-order valence-electron chi connectivity index (χ3n) is 2.11. The van der Waals surface area contributed by atoms with E-state index in [9.17, 15) is 14.9 Å². The van der Waals surface area contributed by atoms with Gasteiger partial charge in [-0.05, 0) is 6.07 Å². The molecule has 0 spiro atoms. The van der Waals surface area contributed by atoms with Crippen LogP contribution in [0.1, 0.15) is 21.5 Å². The maximum absolute atomic E-state index is 11.4. The van der Waals surface area contributed by atoms with Crippen LogP contribution in [0.4, 0.5) is 5.69 Å². The van der Waals surface area contributed by atoms with Crippen LogP contribution < -0.4 is 0 Å². The highest BCUT2D eigenvalue weighted by Gasteiger charge is 2.25. The molecule has 0 aromatic heterocycles. The molecule has 0 heterocycles. The number of methoxy groups -OCH3 is 1. The second-order valence-corrected chi connectivity index (χ2v) is 3.55. The second-order valence-electron chi connectivity index (χ2n) is 2.99. The number of nitriles is 1. The van der Waals surface area contributed by atoms with Gasteiger partial charge in [0.15, 0.2) is 0 Å². The van der Waals surface area contributed by atoms with Crippen LogP contribution in [-0.2, 0) is 10.1 Å². The summed E-state index contributed by atoms with van der Waals surface area (Å²) >= 11 is 3.09. The smallest absolute Gasteiger partial charge is 0.339 e. The van der Waals surface area contributed by atoms with E-state index in [1.807, 2.05) is 0 Å². The highest BCUT2D eigenvalue weighted by Crippen LogP contribution is 2.28. The first-order chi connectivity index (χ1) is 8.06. The molecule has 1 aromatic rings. The molecule has 1 aromatic carbocycles. The Labute approximate surface area is 105 Å². The zero-order chi connectivity index (χ0) is 13.0. The van der Waals surface area contributed by atoms with Crippen molar-refractivity contribution in [3.8, 4) is 6.07 Å². The van der Waals surface area contributed by atoms with Crippen LogP contribution in [0.15, 0.2) is 12.1 Å². The van der Waals surface area contributed by atoms with Gasteiger partial charge in [0.1, 0.15) is 11.6 Å². The summed E-state index contributed by atoms with van der Waals surface area (Å²) in [6.45, 7) is 0. The van der Waals surface area contributed by atoms with Crippen molar-refractivity contribution >= 4 is 27.6 Å². The van der Waals surface area contributed by atoms with Gasteiger partial charge < -0.3 is 4.74 Å². The minimum absolute atomic E-state index is 0.105. The molecule has 0 aliphatic heterocycles. The number of halogens is 1. The van der Waals surface area contributed by atoms with Gasteiger partial charge in [-0.2, -0.15) is 5.26 Å². The predicted molar refractivity (Wildman–Crippen MR) is 61.8 cm³/mol. The molecule has 0 fully saturated rings. The lowest BCUT2D eigenvalue weighted by Gasteiger charge is -2.05. The summed E-state index contributed by atoms with van der Waals surface area (Å²) in [5.74, 6) is -0.772. The fraction of sp³-hybridized carbons (Fsp3) is 0.200. The van der Waals surface area contributed by atoms with Crippen molar-refractivity contribution in [1.29, 1.82) is 5.26 Å². The minimum atomic E-state index is -0.772. The highest BCUT2D eigenvalue weighted by atomic mass is 79.9. The quantitative estimate of drug-likeness (QED) is 0.369. The van der Waals surface area contributed by atoms with Crippen LogP contribution in [-0.4, -0.2) is 18.0 Å². The van der Waals surface area contributed by atoms with Crippen LogP contribution in [0.25, 0.3) is 0 Å². The molecule has 0 unspecified atom stereocenters. The van der Waals surface area contributed by atoms with Gasteiger partial charge in [-0.25, -0.2) is 4.79 Å². The summed E-state index contributed by atoms with van der Waals surface area (Å²) < 4.78 is 4.46. The van der Waals surface area contributed by atoms with Gasteiger partial charge in [0.25, 0.3) is 5.69 Å². The molecule has 88 valence electrons. The van der Waals surface area contributed by atoms with Gasteiger partial charge in [0.2, 0.25) is 0 Å². The lowest BCUT2D eigenvalue weighted by atomic mass is 10.0. The van der Waals surface area contributed by atoms with Gasteiger partial charge in [-0.1, -0.05) is 22.0 Å². The van der Waals surface area contributed by atoms with Crippen molar-refractivity contribution in [1.82, 2.24) is 0 Å². The van der Waals surface area contributed by atoms with Crippen LogP contribution in [0, 0.1) is 21.4 Å². The first-order valence-electron chi connectivity index (χ1n) is 4.41. The van der Waals surface area contributed by atoms with E-state index in [1.54, 1.807) is 6.07 Å². The molecule has 1 rings (SSSR count). The van der Waals surface area contributed by atoms with Gasteiger partial charge >= 0.3 is 5.97 Å². The molecule has 0 saturated heterocycles. The summed E-state index contributed by atoms with van der Waals surface area (Å²) in [5.41, 5.74) is -0.420. The minimum Gasteiger partial charge on any atom is -0.465 e. The molecule has 0 amide bonds. The molecule has 0 aliphatic carbocycles. The maximum atomic E-state index is 11.4. The second kappa shape index (κ2) is 5.41. The van der Waals surface area contributed by atoms with Crippen LogP contribution >= 0.6 is 15.9 Å². The van der Waals surface area contributed by atoms with Crippen LogP contribution in [0.2, 0.25) is 0 Å². The number of ether oxygens (including phenoxy) is 1. The van der Waals surface area contributed by atoms with Crippen molar-refractivity contribution in [2.75, 3.05) is 7.11 Å². The first-order valence-corrected chi connectivity index (χ1v) is 5.53. The van der Waals surface area contributed by atoms with E-state index in [4.69, 9.17) is 5.26 Å². The van der Waals surface area contributed by atoms with Crippen molar-refractivity contribution in [2.24, 2.45) is 0 Å². The lowest BCUT2D eigenvalue weighted by molar-refractivity contribution is -0.385. The predicted octanol–water partition coefficient (Wildman–Crippen LogP) is 2.15. The Hall–Kier alpha value is -1.94. The normalized spacial score (nSPS) is 9.47. The standard InChI is InChI=1S/C10H7BrN2O4/c1-17-10(14)7-3-2-6(4-11)9(13(15)16)8(7)5-12/h2-3H,4H2,1H3. The average Bonchev–Trinajstić information content (AvgIpc) is 2.35. The van der Waals surface area contributed by atoms with E-state index in [-0.39, 0.29) is 22.1 Å². The molecular formula is C10H7BrN2O4. The number of benzene rings is 1. The Bertz CT molecular complexity index is 522. The van der Waals surface area contributed by atoms with Crippen molar-refractivity contribution in [3.63, 3.8) is 0 Å². The zero-order valence-corrected chi connectivity index (χ0v) is 10.4. The molecule has 6 nitrogen and oxygen atoms in total. The highest BCUT2D eigenvalue weighted by molar-refractivity contribution is 9.08. The van der Waals surface area contributed by atoms with Gasteiger partial charge in [0.05, 0.1) is 17.6 Å². The molecule has 0 N–H and O–H groups in total. The number of alkyl halides is 1. The number of hydrogen-bond acceptors (Lipinski definition) is 5. The van der Waals surface area contributed by atoms with Gasteiger partial charge in [-0.15, -0.1) is 0 Å². The molecule has 0 atom stereocenters. The monoisotopic (exact) mass is 298 g/mol. The summed E-state index contributed by atoms with van der Waals surface area (Å²) in [6, 6.07) is 4.43. The third-order valence-corrected chi connectivity index (χ3v) is 2.71. The lowest BCUT2D eigenvalue weighted by Crippen LogP contribution is -2.08. The van der Waals surface area contributed by atoms with E-state index in [2.05, 4.69) is 20.7 Å². The summed E-state index contributed by atoms with van der Waals surface area (Å²) in [4.78, 5) is 21.6. The topological polar surface area (TPSA) is 93.2 Å². The molecule has 0 radical (unpaired) electrons. The largest absolute Gasteiger partial charge is 0.465 e. The Kier molecular flexibility index (Phi) is 4.17. The van der Waals surface area contributed by atoms with Gasteiger partial charge in [-0.3, -0.25) is 10.1 Å². The molecule has 0 bridgehead atoms. The first kappa shape index (κ1) is 13.1. The van der Waals surface area contributed by atoms with Crippen LogP contribution in [0.5, 0.6) is 0 Å². The van der Waals surface area contributed by atoms with Crippen LogP contribution in [0.3, 0.4) is 0 Å². The molecular weight excluding hydrogens is 292 g/mol. The third kappa shape index (κ3) is 2.42. The summed E-state index contributed by atoms with van der Waals surface area (Å²) in [7, 11) is 1.15. The molecule has 0 aliphatic rings. The number of rotatable bonds is 3. The van der Waals surface area contributed by atoms with E-state index in [0.717, 1.165) is 7.11 Å². The molecule has 17 heavy (non-hydrogen) atoms. The van der Waals surface area contributed by atoms with E-state index in [1.165, 1.54) is 12.1 Å².